The largest absolute Gasteiger partial charge is 0.393 e. The van der Waals surface area contributed by atoms with Gasteiger partial charge in [-0.1, -0.05) is 18.2 Å². The Hall–Kier alpha value is -1.39. The van der Waals surface area contributed by atoms with Crippen LogP contribution in [0.25, 0.3) is 0 Å². The predicted octanol–water partition coefficient (Wildman–Crippen LogP) is 2.50. The molecule has 2 saturated heterocycles. The first-order chi connectivity index (χ1) is 12.2. The van der Waals surface area contributed by atoms with Crippen LogP contribution in [0.5, 0.6) is 0 Å². The van der Waals surface area contributed by atoms with Crippen molar-refractivity contribution in [1.82, 2.24) is 4.90 Å². The molecule has 1 aliphatic carbocycles. The quantitative estimate of drug-likeness (QED) is 0.917. The molecule has 0 saturated carbocycles. The number of aryl methyl sites for hydroxylation is 2. The standard InChI is InChI=1S/C21H29NO3/c23-20-9-11-25-14-18(20)19-6-3-10-22(19)21(24)13-15-7-8-16-4-1-2-5-17(16)12-15/h7-8,12,18-20,23H,1-6,9-11,13-14H2. The topological polar surface area (TPSA) is 49.8 Å². The Kier molecular flexibility index (Phi) is 5.09. The third-order valence-corrected chi connectivity index (χ3v) is 6.24. The van der Waals surface area contributed by atoms with Gasteiger partial charge in [0.1, 0.15) is 0 Å². The molecule has 1 aromatic carbocycles. The number of rotatable bonds is 3. The number of fused-ring (bicyclic) bond motifs is 1. The third-order valence-electron chi connectivity index (χ3n) is 6.24. The van der Waals surface area contributed by atoms with Gasteiger partial charge in [0.15, 0.2) is 0 Å². The highest BCUT2D eigenvalue weighted by Crippen LogP contribution is 2.30. The molecule has 0 radical (unpaired) electrons. The Balaban J connectivity index is 1.44. The first-order valence-electron chi connectivity index (χ1n) is 9.88. The second kappa shape index (κ2) is 7.46. The third kappa shape index (κ3) is 3.61. The minimum Gasteiger partial charge on any atom is -0.393 e. The average Bonchev–Trinajstić information content (AvgIpc) is 3.11. The maximum Gasteiger partial charge on any atom is 0.227 e. The molecule has 3 atom stereocenters. The van der Waals surface area contributed by atoms with Crippen molar-refractivity contribution >= 4 is 5.91 Å². The first-order valence-corrected chi connectivity index (χ1v) is 9.88. The molecule has 2 fully saturated rings. The molecule has 1 N–H and O–H groups in total. The number of aliphatic hydroxyl groups excluding tert-OH is 1. The van der Waals surface area contributed by atoms with Gasteiger partial charge in [-0.05, 0) is 61.6 Å². The van der Waals surface area contributed by atoms with E-state index >= 15 is 0 Å². The normalized spacial score (nSPS) is 29.5. The fraction of sp³-hybridized carbons (Fsp3) is 0.667. The molecular formula is C21H29NO3. The zero-order chi connectivity index (χ0) is 17.2. The fourth-order valence-corrected chi connectivity index (χ4v) is 4.84. The lowest BCUT2D eigenvalue weighted by atomic mass is 9.88. The number of ether oxygens (including phenoxy) is 1. The molecule has 3 unspecified atom stereocenters. The van der Waals surface area contributed by atoms with E-state index in [9.17, 15) is 9.90 Å². The number of hydrogen-bond acceptors (Lipinski definition) is 3. The fourth-order valence-electron chi connectivity index (χ4n) is 4.84. The lowest BCUT2D eigenvalue weighted by molar-refractivity contribution is -0.135. The van der Waals surface area contributed by atoms with Gasteiger partial charge in [0.05, 0.1) is 19.1 Å². The molecule has 2 aliphatic heterocycles. The maximum atomic E-state index is 12.9. The van der Waals surface area contributed by atoms with Gasteiger partial charge in [-0.3, -0.25) is 4.79 Å². The Morgan fingerprint density at radius 3 is 2.84 bits per heavy atom. The van der Waals surface area contributed by atoms with Gasteiger partial charge in [0.2, 0.25) is 5.91 Å². The molecule has 0 bridgehead atoms. The minimum atomic E-state index is -0.337. The van der Waals surface area contributed by atoms with E-state index in [4.69, 9.17) is 4.74 Å². The highest BCUT2D eigenvalue weighted by molar-refractivity contribution is 5.79. The van der Waals surface area contributed by atoms with Crippen molar-refractivity contribution in [2.45, 2.75) is 63.5 Å². The van der Waals surface area contributed by atoms with Gasteiger partial charge in [0.25, 0.3) is 0 Å². The van der Waals surface area contributed by atoms with Gasteiger partial charge in [-0.25, -0.2) is 0 Å². The van der Waals surface area contributed by atoms with E-state index in [1.165, 1.54) is 30.4 Å². The predicted molar refractivity (Wildman–Crippen MR) is 96.5 cm³/mol. The average molecular weight is 343 g/mol. The Morgan fingerprint density at radius 2 is 2.00 bits per heavy atom. The molecule has 4 heteroatoms. The number of nitrogens with zero attached hydrogens (tertiary/aromatic N) is 1. The Labute approximate surface area is 150 Å². The van der Waals surface area contributed by atoms with Gasteiger partial charge in [-0.15, -0.1) is 0 Å². The van der Waals surface area contributed by atoms with Gasteiger partial charge in [-0.2, -0.15) is 0 Å². The number of amides is 1. The number of hydrogen-bond donors (Lipinski definition) is 1. The minimum absolute atomic E-state index is 0.0729. The smallest absolute Gasteiger partial charge is 0.227 e. The molecule has 0 aromatic heterocycles. The van der Waals surface area contributed by atoms with Gasteiger partial charge in [0, 0.05) is 25.1 Å². The summed E-state index contributed by atoms with van der Waals surface area (Å²) in [5.74, 6) is 0.278. The van der Waals surface area contributed by atoms with E-state index in [-0.39, 0.29) is 24.0 Å². The Morgan fingerprint density at radius 1 is 1.16 bits per heavy atom. The highest BCUT2D eigenvalue weighted by Gasteiger charge is 2.39. The summed E-state index contributed by atoms with van der Waals surface area (Å²) in [5, 5.41) is 10.3. The highest BCUT2D eigenvalue weighted by atomic mass is 16.5. The van der Waals surface area contributed by atoms with Crippen LogP contribution >= 0.6 is 0 Å². The molecule has 1 amide bonds. The molecule has 1 aromatic rings. The summed E-state index contributed by atoms with van der Waals surface area (Å²) in [6.45, 7) is 2.03. The number of carbonyl (C=O) groups is 1. The van der Waals surface area contributed by atoms with Crippen LogP contribution in [-0.2, 0) is 28.8 Å². The Bertz CT molecular complexity index is 630. The van der Waals surface area contributed by atoms with Crippen LogP contribution in [0.2, 0.25) is 0 Å². The van der Waals surface area contributed by atoms with E-state index in [0.717, 1.165) is 31.4 Å². The zero-order valence-corrected chi connectivity index (χ0v) is 15.0. The van der Waals surface area contributed by atoms with Crippen molar-refractivity contribution in [3.63, 3.8) is 0 Å². The van der Waals surface area contributed by atoms with Crippen LogP contribution in [-0.4, -0.2) is 47.8 Å². The summed E-state index contributed by atoms with van der Waals surface area (Å²) in [4.78, 5) is 15.0. The molecule has 0 spiro atoms. The first kappa shape index (κ1) is 17.0. The van der Waals surface area contributed by atoms with Crippen molar-refractivity contribution in [3.8, 4) is 0 Å². The van der Waals surface area contributed by atoms with Crippen molar-refractivity contribution in [2.24, 2.45) is 5.92 Å². The lowest BCUT2D eigenvalue weighted by Gasteiger charge is -2.37. The number of aliphatic hydroxyl groups is 1. The van der Waals surface area contributed by atoms with Crippen molar-refractivity contribution in [3.05, 3.63) is 34.9 Å². The number of carbonyl (C=O) groups excluding carboxylic acids is 1. The second-order valence-electron chi connectivity index (χ2n) is 7.88. The van der Waals surface area contributed by atoms with Crippen LogP contribution < -0.4 is 0 Å². The SMILES string of the molecule is O=C(Cc1ccc2c(c1)CCCC2)N1CCCC1C1COCCC1O. The van der Waals surface area contributed by atoms with Crippen molar-refractivity contribution < 1.29 is 14.6 Å². The zero-order valence-electron chi connectivity index (χ0n) is 15.0. The van der Waals surface area contributed by atoms with Gasteiger partial charge < -0.3 is 14.7 Å². The molecule has 3 aliphatic rings. The van der Waals surface area contributed by atoms with Crippen LogP contribution in [0.1, 0.15) is 48.8 Å². The molecule has 4 nitrogen and oxygen atoms in total. The summed E-state index contributed by atoms with van der Waals surface area (Å²) in [7, 11) is 0. The van der Waals surface area contributed by atoms with Crippen LogP contribution in [0.15, 0.2) is 18.2 Å². The summed E-state index contributed by atoms with van der Waals surface area (Å²) in [6.07, 6.45) is 7.72. The molecule has 136 valence electrons. The van der Waals surface area contributed by atoms with Crippen LogP contribution in [0, 0.1) is 5.92 Å². The molecule has 25 heavy (non-hydrogen) atoms. The summed E-state index contributed by atoms with van der Waals surface area (Å²) < 4.78 is 5.58. The number of likely N-dealkylation sites (tertiary alicyclic amines) is 1. The van der Waals surface area contributed by atoms with Gasteiger partial charge >= 0.3 is 0 Å². The molecule has 4 rings (SSSR count). The van der Waals surface area contributed by atoms with E-state index < -0.39 is 0 Å². The van der Waals surface area contributed by atoms with E-state index in [1.807, 2.05) is 4.90 Å². The number of benzene rings is 1. The van der Waals surface area contributed by atoms with E-state index in [1.54, 1.807) is 0 Å². The summed E-state index contributed by atoms with van der Waals surface area (Å²) in [6, 6.07) is 6.74. The van der Waals surface area contributed by atoms with E-state index in [2.05, 4.69) is 18.2 Å². The van der Waals surface area contributed by atoms with Crippen molar-refractivity contribution in [1.29, 1.82) is 0 Å². The molecule has 2 heterocycles. The maximum absolute atomic E-state index is 12.9. The summed E-state index contributed by atoms with van der Waals surface area (Å²) >= 11 is 0. The second-order valence-corrected chi connectivity index (χ2v) is 7.88. The van der Waals surface area contributed by atoms with Crippen LogP contribution in [0.4, 0.5) is 0 Å². The van der Waals surface area contributed by atoms with Crippen molar-refractivity contribution in [2.75, 3.05) is 19.8 Å². The summed E-state index contributed by atoms with van der Waals surface area (Å²) in [5.41, 5.74) is 4.03. The van der Waals surface area contributed by atoms with Crippen LogP contribution in [0.3, 0.4) is 0 Å². The monoisotopic (exact) mass is 343 g/mol. The molecular weight excluding hydrogens is 314 g/mol. The van der Waals surface area contributed by atoms with E-state index in [0.29, 0.717) is 26.1 Å². The lowest BCUT2D eigenvalue weighted by Crippen LogP contribution is -2.48.